The smallest absolute Gasteiger partial charge is 0.258 e. The monoisotopic (exact) mass is 501 g/mol. The van der Waals surface area contributed by atoms with Crippen LogP contribution in [-0.4, -0.2) is 36.4 Å². The van der Waals surface area contributed by atoms with Gasteiger partial charge in [0.25, 0.3) is 11.8 Å². The van der Waals surface area contributed by atoms with E-state index in [1.165, 1.54) is 25.3 Å². The lowest BCUT2D eigenvalue weighted by Crippen LogP contribution is -2.35. The average Bonchev–Trinajstić information content (AvgIpc) is 3.23. The summed E-state index contributed by atoms with van der Waals surface area (Å²) in [5, 5.41) is 16.0. The average molecular weight is 502 g/mol. The zero-order valence-corrected chi connectivity index (χ0v) is 20.5. The molecule has 8 heteroatoms. The Bertz CT molecular complexity index is 1390. The number of oxime groups is 1. The fraction of sp³-hybridized carbons (Fsp3) is 0.276. The number of amides is 2. The van der Waals surface area contributed by atoms with Crippen molar-refractivity contribution < 1.29 is 23.9 Å². The number of nitrogens with one attached hydrogen (secondary N) is 1. The van der Waals surface area contributed by atoms with E-state index in [1.807, 2.05) is 24.3 Å². The quantitative estimate of drug-likeness (QED) is 0.355. The van der Waals surface area contributed by atoms with E-state index in [0.29, 0.717) is 30.0 Å². The second-order valence-electron chi connectivity index (χ2n) is 9.57. The Labute approximate surface area is 214 Å². The van der Waals surface area contributed by atoms with Crippen LogP contribution in [0.3, 0.4) is 0 Å². The van der Waals surface area contributed by atoms with Gasteiger partial charge in [0.05, 0.1) is 18.5 Å². The van der Waals surface area contributed by atoms with Crippen molar-refractivity contribution in [1.29, 1.82) is 0 Å². The van der Waals surface area contributed by atoms with Crippen molar-refractivity contribution in [2.45, 2.75) is 32.1 Å². The first-order valence-corrected chi connectivity index (χ1v) is 12.3. The second-order valence-corrected chi connectivity index (χ2v) is 9.57. The molecule has 1 aliphatic carbocycles. The van der Waals surface area contributed by atoms with Gasteiger partial charge in [-0.15, -0.1) is 0 Å². The molecule has 0 saturated heterocycles. The number of nitrogens with zero attached hydrogens (tertiary/aromatic N) is 2. The van der Waals surface area contributed by atoms with E-state index in [1.54, 1.807) is 23.1 Å². The van der Waals surface area contributed by atoms with Gasteiger partial charge in [-0.25, -0.2) is 4.39 Å². The van der Waals surface area contributed by atoms with Crippen molar-refractivity contribution in [2.75, 3.05) is 23.9 Å². The summed E-state index contributed by atoms with van der Waals surface area (Å²) < 4.78 is 19.0. The fourth-order valence-corrected chi connectivity index (χ4v) is 5.56. The molecule has 1 unspecified atom stereocenters. The maximum atomic E-state index is 13.8. The number of rotatable bonds is 4. The van der Waals surface area contributed by atoms with E-state index in [0.717, 1.165) is 48.7 Å². The molecular weight excluding hydrogens is 473 g/mol. The molecule has 2 N–H and O–H groups in total. The van der Waals surface area contributed by atoms with Gasteiger partial charge in [0, 0.05) is 28.8 Å². The highest BCUT2D eigenvalue weighted by Crippen LogP contribution is 2.46. The van der Waals surface area contributed by atoms with Crippen molar-refractivity contribution in [2.24, 2.45) is 10.6 Å². The van der Waals surface area contributed by atoms with Gasteiger partial charge in [-0.05, 0) is 80.1 Å². The standard InChI is InChI=1S/C29H28FN3O4/c1-37-25-17-20(11-12-23(25)31-27(34)19-7-4-8-22(30)16-19)28(35)33-15-14-29(13-5-10-26(29)32-36)18-21-6-2-3-9-24(21)33/h2-4,6-9,11-12,16-17,36H,5,10,13-15,18H2,1H3,(H,31,34)/b32-26+. The van der Waals surface area contributed by atoms with Crippen LogP contribution in [0, 0.1) is 11.2 Å². The van der Waals surface area contributed by atoms with E-state index >= 15 is 0 Å². The van der Waals surface area contributed by atoms with E-state index < -0.39 is 11.7 Å². The van der Waals surface area contributed by atoms with Gasteiger partial charge >= 0.3 is 0 Å². The summed E-state index contributed by atoms with van der Waals surface area (Å²) in [6, 6.07) is 18.1. The number of fused-ring (bicyclic) bond motifs is 1. The van der Waals surface area contributed by atoms with Crippen molar-refractivity contribution in [3.8, 4) is 5.75 Å². The first-order chi connectivity index (χ1) is 17.9. The van der Waals surface area contributed by atoms with Gasteiger partial charge in [0.2, 0.25) is 0 Å². The van der Waals surface area contributed by atoms with E-state index in [-0.39, 0.29) is 16.9 Å². The lowest BCUT2D eigenvalue weighted by molar-refractivity contribution is 0.0984. The molecule has 190 valence electrons. The minimum atomic E-state index is -0.505. The molecule has 1 spiro atoms. The van der Waals surface area contributed by atoms with E-state index in [2.05, 4.69) is 10.5 Å². The first kappa shape index (κ1) is 24.5. The van der Waals surface area contributed by atoms with Crippen molar-refractivity contribution in [3.05, 3.63) is 89.2 Å². The Morgan fingerprint density at radius 2 is 1.89 bits per heavy atom. The summed E-state index contributed by atoms with van der Waals surface area (Å²) >= 11 is 0. The predicted octanol–water partition coefficient (Wildman–Crippen LogP) is 5.68. The lowest BCUT2D eigenvalue weighted by Gasteiger charge is -2.28. The third-order valence-corrected chi connectivity index (χ3v) is 7.46. The number of methoxy groups -OCH3 is 1. The van der Waals surface area contributed by atoms with Gasteiger partial charge in [-0.1, -0.05) is 29.4 Å². The highest BCUT2D eigenvalue weighted by molar-refractivity contribution is 6.09. The van der Waals surface area contributed by atoms with E-state index in [9.17, 15) is 19.2 Å². The number of para-hydroxylation sites is 1. The fourth-order valence-electron chi connectivity index (χ4n) is 5.56. The van der Waals surface area contributed by atoms with Crippen LogP contribution in [0.15, 0.2) is 71.9 Å². The number of ether oxygens (including phenoxy) is 1. The first-order valence-electron chi connectivity index (χ1n) is 12.3. The highest BCUT2D eigenvalue weighted by Gasteiger charge is 2.43. The van der Waals surface area contributed by atoms with E-state index in [4.69, 9.17) is 4.74 Å². The molecule has 1 saturated carbocycles. The molecule has 2 aliphatic rings. The van der Waals surface area contributed by atoms with Crippen LogP contribution >= 0.6 is 0 Å². The molecule has 37 heavy (non-hydrogen) atoms. The molecule has 5 rings (SSSR count). The maximum Gasteiger partial charge on any atom is 0.258 e. The molecule has 1 aliphatic heterocycles. The van der Waals surface area contributed by atoms with Crippen LogP contribution in [0.5, 0.6) is 5.75 Å². The van der Waals surface area contributed by atoms with Gasteiger partial charge in [-0.2, -0.15) is 0 Å². The molecule has 7 nitrogen and oxygen atoms in total. The SMILES string of the molecule is COc1cc(C(=O)N2CCC3(CCC/C3=N\O)Cc3ccccc32)ccc1NC(=O)c1cccc(F)c1. The molecule has 1 fully saturated rings. The molecule has 2 amide bonds. The minimum absolute atomic E-state index is 0.176. The molecule has 3 aromatic rings. The number of hydrogen-bond donors (Lipinski definition) is 2. The zero-order chi connectivity index (χ0) is 26.0. The number of anilines is 2. The highest BCUT2D eigenvalue weighted by atomic mass is 19.1. The second kappa shape index (κ2) is 10.0. The lowest BCUT2D eigenvalue weighted by atomic mass is 9.76. The number of halogens is 1. The Balaban J connectivity index is 1.43. The Morgan fingerprint density at radius 3 is 2.68 bits per heavy atom. The maximum absolute atomic E-state index is 13.8. The molecule has 0 radical (unpaired) electrons. The molecule has 1 heterocycles. The topological polar surface area (TPSA) is 91.2 Å². The van der Waals surface area contributed by atoms with Crippen LogP contribution in [0.4, 0.5) is 15.8 Å². The van der Waals surface area contributed by atoms with Gasteiger partial charge < -0.3 is 20.2 Å². The minimum Gasteiger partial charge on any atom is -0.495 e. The number of hydrogen-bond acceptors (Lipinski definition) is 5. The summed E-state index contributed by atoms with van der Waals surface area (Å²) in [5.41, 5.74) is 3.42. The van der Waals surface area contributed by atoms with Gasteiger partial charge in [0.1, 0.15) is 11.6 Å². The number of carbonyl (C=O) groups excluding carboxylic acids is 2. The van der Waals surface area contributed by atoms with Crippen LogP contribution in [0.25, 0.3) is 0 Å². The Hall–Kier alpha value is -4.20. The summed E-state index contributed by atoms with van der Waals surface area (Å²) in [6.45, 7) is 0.481. The largest absolute Gasteiger partial charge is 0.495 e. The van der Waals surface area contributed by atoms with Gasteiger partial charge in [0.15, 0.2) is 0 Å². The third-order valence-electron chi connectivity index (χ3n) is 7.46. The normalized spacial score (nSPS) is 19.9. The van der Waals surface area contributed by atoms with Crippen LogP contribution in [0.1, 0.15) is 52.0 Å². The summed E-state index contributed by atoms with van der Waals surface area (Å²) in [5.74, 6) is -0.858. The van der Waals surface area contributed by atoms with Crippen molar-refractivity contribution >= 4 is 28.9 Å². The van der Waals surface area contributed by atoms with Crippen LogP contribution in [-0.2, 0) is 6.42 Å². The summed E-state index contributed by atoms with van der Waals surface area (Å²) in [7, 11) is 1.46. The molecule has 0 bridgehead atoms. The van der Waals surface area contributed by atoms with Crippen molar-refractivity contribution in [3.63, 3.8) is 0 Å². The Morgan fingerprint density at radius 1 is 1.05 bits per heavy atom. The molecule has 0 aromatic heterocycles. The molecule has 3 aromatic carbocycles. The molecule has 1 atom stereocenters. The number of carbonyl (C=O) groups is 2. The summed E-state index contributed by atoms with van der Waals surface area (Å²) in [6.07, 6.45) is 4.09. The summed E-state index contributed by atoms with van der Waals surface area (Å²) in [4.78, 5) is 28.2. The zero-order valence-electron chi connectivity index (χ0n) is 20.5. The van der Waals surface area contributed by atoms with Crippen LogP contribution in [0.2, 0.25) is 0 Å². The third kappa shape index (κ3) is 4.67. The Kier molecular flexibility index (Phi) is 6.65. The predicted molar refractivity (Wildman–Crippen MR) is 139 cm³/mol. The van der Waals surface area contributed by atoms with Gasteiger partial charge in [-0.3, -0.25) is 9.59 Å². The number of benzene rings is 3. The molecular formula is C29H28FN3O4. The van der Waals surface area contributed by atoms with Crippen molar-refractivity contribution in [1.82, 2.24) is 0 Å². The van der Waals surface area contributed by atoms with Crippen LogP contribution < -0.4 is 15.0 Å².